The Kier molecular flexibility index (Phi) is 7.42. The lowest BCUT2D eigenvalue weighted by atomic mass is 10.2. The van der Waals surface area contributed by atoms with E-state index >= 15 is 0 Å². The van der Waals surface area contributed by atoms with E-state index in [1.54, 1.807) is 0 Å². The summed E-state index contributed by atoms with van der Waals surface area (Å²) in [6, 6.07) is 5.27. The molecule has 1 aromatic heterocycles. The van der Waals surface area contributed by atoms with Crippen molar-refractivity contribution in [3.8, 4) is 5.75 Å². The van der Waals surface area contributed by atoms with Crippen LogP contribution in [0.5, 0.6) is 5.75 Å². The molecule has 0 amide bonds. The molecule has 0 spiro atoms. The molecule has 0 aliphatic carbocycles. The molecule has 1 saturated heterocycles. The monoisotopic (exact) mass is 470 g/mol. The fourth-order valence-electron chi connectivity index (χ4n) is 2.90. The van der Waals surface area contributed by atoms with Gasteiger partial charge in [-0.15, -0.1) is 0 Å². The minimum absolute atomic E-state index is 0.0447. The summed E-state index contributed by atoms with van der Waals surface area (Å²) in [6.45, 7) is 2.39. The molecule has 5 atom stereocenters. The number of ketones is 1. The van der Waals surface area contributed by atoms with Gasteiger partial charge < -0.3 is 20.1 Å². The van der Waals surface area contributed by atoms with Crippen LogP contribution in [0, 0.1) is 5.82 Å². The van der Waals surface area contributed by atoms with Crippen LogP contribution < -0.4 is 21.0 Å². The molecule has 1 unspecified atom stereocenters. The number of aromatic nitrogens is 2. The number of anilines is 1. The van der Waals surface area contributed by atoms with E-state index in [9.17, 15) is 23.7 Å². The molecular formula is C19H24FN4O7P. The topological polar surface area (TPSA) is 155 Å². The Morgan fingerprint density at radius 1 is 1.44 bits per heavy atom. The second-order valence-electron chi connectivity index (χ2n) is 7.27. The van der Waals surface area contributed by atoms with E-state index in [-0.39, 0.29) is 30.4 Å². The lowest BCUT2D eigenvalue weighted by Gasteiger charge is -2.24. The highest BCUT2D eigenvalue weighted by atomic mass is 31.2. The largest absolute Gasteiger partial charge is 0.459 e. The standard InChI is InChI=1S/C19H24FN4O7P/c1-11(12(2)25)23-32(28,31-14-5-3-13(20)4-6-14)29-10-16-15(26)9-18(30-16)24-8-7-17(21)22-19(24)27/h3-8,11,15-16,18,26H,9-10H2,1-2H3,(H,23,28)(H2,21,22,27)/t11-,15+,16+,18+,32?/m0/s1. The summed E-state index contributed by atoms with van der Waals surface area (Å²) in [6.07, 6.45) is -1.39. The van der Waals surface area contributed by atoms with Crippen LogP contribution in [-0.2, 0) is 18.6 Å². The lowest BCUT2D eigenvalue weighted by Crippen LogP contribution is -2.34. The number of carbonyl (C=O) groups is 1. The number of nitrogens with two attached hydrogens (primary N) is 1. The fourth-order valence-corrected chi connectivity index (χ4v) is 4.48. The first-order chi connectivity index (χ1) is 15.1. The second kappa shape index (κ2) is 9.88. The summed E-state index contributed by atoms with van der Waals surface area (Å²) in [5.74, 6) is -0.736. The molecule has 0 radical (unpaired) electrons. The Morgan fingerprint density at radius 2 is 2.12 bits per heavy atom. The molecule has 2 heterocycles. The predicted molar refractivity (Wildman–Crippen MR) is 111 cm³/mol. The highest BCUT2D eigenvalue weighted by molar-refractivity contribution is 7.52. The molecule has 2 aromatic rings. The van der Waals surface area contributed by atoms with Crippen LogP contribution in [0.25, 0.3) is 0 Å². The van der Waals surface area contributed by atoms with Crippen molar-refractivity contribution in [2.45, 2.75) is 44.7 Å². The van der Waals surface area contributed by atoms with Gasteiger partial charge in [0.15, 0.2) is 0 Å². The van der Waals surface area contributed by atoms with Crippen molar-refractivity contribution in [2.75, 3.05) is 12.3 Å². The number of nitrogens with zero attached hydrogens (tertiary/aromatic N) is 2. The van der Waals surface area contributed by atoms with E-state index in [2.05, 4.69) is 10.1 Å². The van der Waals surface area contributed by atoms with Crippen LogP contribution in [0.4, 0.5) is 10.2 Å². The first-order valence-corrected chi connectivity index (χ1v) is 11.3. The highest BCUT2D eigenvalue weighted by Crippen LogP contribution is 2.46. The highest BCUT2D eigenvalue weighted by Gasteiger charge is 2.39. The first-order valence-electron chi connectivity index (χ1n) is 9.72. The van der Waals surface area contributed by atoms with Crippen LogP contribution in [0.3, 0.4) is 0 Å². The zero-order valence-electron chi connectivity index (χ0n) is 17.4. The third-order valence-corrected chi connectivity index (χ3v) is 6.42. The summed E-state index contributed by atoms with van der Waals surface area (Å²) in [4.78, 5) is 27.3. The van der Waals surface area contributed by atoms with E-state index in [0.717, 1.165) is 12.1 Å². The maximum atomic E-state index is 13.3. The third kappa shape index (κ3) is 5.99. The molecule has 0 saturated carbocycles. The Morgan fingerprint density at radius 3 is 2.75 bits per heavy atom. The van der Waals surface area contributed by atoms with Gasteiger partial charge in [-0.05, 0) is 44.2 Å². The van der Waals surface area contributed by atoms with Crippen molar-refractivity contribution in [3.63, 3.8) is 0 Å². The number of ether oxygens (including phenoxy) is 1. The van der Waals surface area contributed by atoms with Crippen molar-refractivity contribution in [2.24, 2.45) is 0 Å². The number of hydrogen-bond acceptors (Lipinski definition) is 9. The maximum Gasteiger partial charge on any atom is 0.459 e. The number of rotatable bonds is 9. The number of Topliss-reactive ketones (excluding diaryl/α,β-unsaturated/α-hetero) is 1. The van der Waals surface area contributed by atoms with Gasteiger partial charge in [0.25, 0.3) is 0 Å². The van der Waals surface area contributed by atoms with Gasteiger partial charge >= 0.3 is 13.4 Å². The molecule has 4 N–H and O–H groups in total. The van der Waals surface area contributed by atoms with Crippen molar-refractivity contribution in [3.05, 3.63) is 52.8 Å². The van der Waals surface area contributed by atoms with Gasteiger partial charge in [-0.3, -0.25) is 13.9 Å². The number of nitrogens with one attached hydrogen (secondary N) is 1. The van der Waals surface area contributed by atoms with Gasteiger partial charge in [-0.2, -0.15) is 4.98 Å². The number of hydrogen-bond donors (Lipinski definition) is 3. The number of benzene rings is 1. The number of aliphatic hydroxyl groups is 1. The minimum atomic E-state index is -4.13. The van der Waals surface area contributed by atoms with E-state index in [0.29, 0.717) is 0 Å². The van der Waals surface area contributed by atoms with Crippen LogP contribution in [0.1, 0.15) is 26.5 Å². The molecule has 32 heavy (non-hydrogen) atoms. The van der Waals surface area contributed by atoms with Gasteiger partial charge in [0.2, 0.25) is 0 Å². The molecule has 1 aliphatic heterocycles. The summed E-state index contributed by atoms with van der Waals surface area (Å²) in [7, 11) is -4.13. The van der Waals surface area contributed by atoms with Crippen molar-refractivity contribution >= 4 is 19.3 Å². The summed E-state index contributed by atoms with van der Waals surface area (Å²) < 4.78 is 44.1. The van der Waals surface area contributed by atoms with Crippen LogP contribution >= 0.6 is 7.75 Å². The molecule has 13 heteroatoms. The number of aliphatic hydroxyl groups excluding tert-OH is 1. The summed E-state index contributed by atoms with van der Waals surface area (Å²) >= 11 is 0. The van der Waals surface area contributed by atoms with Crippen LogP contribution in [0.2, 0.25) is 0 Å². The van der Waals surface area contributed by atoms with Crippen molar-refractivity contribution in [1.82, 2.24) is 14.6 Å². The molecule has 1 aromatic carbocycles. The van der Waals surface area contributed by atoms with Crippen LogP contribution in [0.15, 0.2) is 41.3 Å². The number of carbonyl (C=O) groups excluding carboxylic acids is 1. The molecule has 11 nitrogen and oxygen atoms in total. The van der Waals surface area contributed by atoms with Gasteiger partial charge in [-0.25, -0.2) is 18.8 Å². The first kappa shape index (κ1) is 24.0. The number of halogens is 1. The Hall–Kier alpha value is -2.63. The van der Waals surface area contributed by atoms with E-state index in [1.165, 1.54) is 42.8 Å². The van der Waals surface area contributed by atoms with E-state index in [1.807, 2.05) is 0 Å². The van der Waals surface area contributed by atoms with Gasteiger partial charge in [0, 0.05) is 12.6 Å². The second-order valence-corrected chi connectivity index (χ2v) is 8.97. The molecular weight excluding hydrogens is 446 g/mol. The molecule has 0 bridgehead atoms. The smallest absolute Gasteiger partial charge is 0.413 e. The minimum Gasteiger partial charge on any atom is -0.413 e. The summed E-state index contributed by atoms with van der Waals surface area (Å²) in [5.41, 5.74) is 4.83. The third-order valence-electron chi connectivity index (χ3n) is 4.78. The van der Waals surface area contributed by atoms with Crippen molar-refractivity contribution in [1.29, 1.82) is 0 Å². The molecule has 1 fully saturated rings. The van der Waals surface area contributed by atoms with Gasteiger partial charge in [0.1, 0.15) is 35.5 Å². The Labute approximate surface area is 182 Å². The lowest BCUT2D eigenvalue weighted by molar-refractivity contribution is -0.118. The SMILES string of the molecule is CC(=O)[C@H](C)NP(=O)(OC[C@H]1O[C@@H](n2ccc(N)nc2=O)C[C@H]1O)Oc1ccc(F)cc1. The predicted octanol–water partition coefficient (Wildman–Crippen LogP) is 1.38. The van der Waals surface area contributed by atoms with Gasteiger partial charge in [-0.1, -0.05) is 0 Å². The van der Waals surface area contributed by atoms with E-state index < -0.39 is 43.7 Å². The average molecular weight is 470 g/mol. The average Bonchev–Trinajstić information content (AvgIpc) is 3.08. The normalized spacial score (nSPS) is 23.4. The molecule has 1 aliphatic rings. The zero-order chi connectivity index (χ0) is 23.5. The van der Waals surface area contributed by atoms with Crippen molar-refractivity contribution < 1.29 is 32.6 Å². The van der Waals surface area contributed by atoms with Gasteiger partial charge in [0.05, 0.1) is 18.8 Å². The van der Waals surface area contributed by atoms with Crippen LogP contribution in [-0.4, -0.2) is 45.3 Å². The summed E-state index contributed by atoms with van der Waals surface area (Å²) in [5, 5.41) is 12.8. The fraction of sp³-hybridized carbons (Fsp3) is 0.421. The number of nitrogen functional groups attached to an aromatic ring is 1. The Bertz CT molecular complexity index is 1060. The quantitative estimate of drug-likeness (QED) is 0.458. The molecule has 174 valence electrons. The Balaban J connectivity index is 1.71. The zero-order valence-corrected chi connectivity index (χ0v) is 18.3. The van der Waals surface area contributed by atoms with E-state index in [4.69, 9.17) is 19.5 Å². The molecule has 3 rings (SSSR count). The maximum absolute atomic E-state index is 13.3.